The van der Waals surface area contributed by atoms with E-state index in [0.29, 0.717) is 19.4 Å². The molecule has 20 heavy (non-hydrogen) atoms. The molecule has 1 aliphatic heterocycles. The summed E-state index contributed by atoms with van der Waals surface area (Å²) in [7, 11) is 1.65. The van der Waals surface area contributed by atoms with Crippen molar-refractivity contribution in [3.8, 4) is 5.75 Å². The van der Waals surface area contributed by atoms with Crippen molar-refractivity contribution in [3.63, 3.8) is 0 Å². The molecular weight excluding hydrogens is 320 g/mol. The maximum Gasteiger partial charge on any atom is 0.223 e. The Morgan fingerprint density at radius 2 is 2.35 bits per heavy atom. The Morgan fingerprint density at radius 3 is 3.05 bits per heavy atom. The summed E-state index contributed by atoms with van der Waals surface area (Å²) in [5.74, 6) is 1.03. The molecule has 0 aliphatic carbocycles. The number of ether oxygens (including phenoxy) is 1. The third kappa shape index (κ3) is 3.52. The molecule has 0 bridgehead atoms. The summed E-state index contributed by atoms with van der Waals surface area (Å²) in [5, 5.41) is 0. The van der Waals surface area contributed by atoms with Crippen molar-refractivity contribution in [2.75, 3.05) is 20.2 Å². The van der Waals surface area contributed by atoms with Crippen LogP contribution in [-0.4, -0.2) is 37.0 Å². The molecule has 2 rings (SSSR count). The summed E-state index contributed by atoms with van der Waals surface area (Å²) < 4.78 is 6.34. The highest BCUT2D eigenvalue weighted by Gasteiger charge is 2.27. The second-order valence-electron chi connectivity index (χ2n) is 5.08. The zero-order chi connectivity index (χ0) is 14.5. The maximum absolute atomic E-state index is 12.3. The first-order valence-corrected chi connectivity index (χ1v) is 7.77. The molecule has 1 aromatic carbocycles. The Morgan fingerprint density at radius 1 is 1.55 bits per heavy atom. The van der Waals surface area contributed by atoms with Crippen LogP contribution < -0.4 is 10.5 Å². The molecule has 1 heterocycles. The lowest BCUT2D eigenvalue weighted by Crippen LogP contribution is -2.40. The van der Waals surface area contributed by atoms with Crippen LogP contribution in [0.4, 0.5) is 0 Å². The molecule has 1 aliphatic rings. The summed E-state index contributed by atoms with van der Waals surface area (Å²) >= 11 is 3.45. The Labute approximate surface area is 128 Å². The summed E-state index contributed by atoms with van der Waals surface area (Å²) in [5.41, 5.74) is 6.77. The standard InChI is InChI=1S/C15H21BrN2O2/c1-20-14-6-5-12(16)9-11(14)4-7-15(19)18-8-2-3-13(18)10-17/h5-6,9,13H,2-4,7-8,10,17H2,1H3/t13-/m1/s1. The molecule has 110 valence electrons. The van der Waals surface area contributed by atoms with E-state index >= 15 is 0 Å². The monoisotopic (exact) mass is 340 g/mol. The highest BCUT2D eigenvalue weighted by atomic mass is 79.9. The lowest BCUT2D eigenvalue weighted by molar-refractivity contribution is -0.131. The maximum atomic E-state index is 12.3. The fourth-order valence-corrected chi connectivity index (χ4v) is 3.15. The van der Waals surface area contributed by atoms with E-state index in [9.17, 15) is 4.79 Å². The fraction of sp³-hybridized carbons (Fsp3) is 0.533. The average molecular weight is 341 g/mol. The number of nitrogens with two attached hydrogens (primary N) is 1. The van der Waals surface area contributed by atoms with Gasteiger partial charge in [0.05, 0.1) is 7.11 Å². The van der Waals surface area contributed by atoms with Gasteiger partial charge < -0.3 is 15.4 Å². The van der Waals surface area contributed by atoms with Crippen molar-refractivity contribution in [1.82, 2.24) is 4.90 Å². The van der Waals surface area contributed by atoms with E-state index in [1.54, 1.807) is 7.11 Å². The minimum absolute atomic E-state index is 0.194. The number of carbonyl (C=O) groups excluding carboxylic acids is 1. The third-order valence-corrected chi connectivity index (χ3v) is 4.31. The average Bonchev–Trinajstić information content (AvgIpc) is 2.93. The quantitative estimate of drug-likeness (QED) is 0.894. The van der Waals surface area contributed by atoms with Crippen molar-refractivity contribution in [1.29, 1.82) is 0 Å². The minimum Gasteiger partial charge on any atom is -0.496 e. The molecule has 1 saturated heterocycles. The second-order valence-corrected chi connectivity index (χ2v) is 5.99. The topological polar surface area (TPSA) is 55.6 Å². The predicted molar refractivity (Wildman–Crippen MR) is 82.8 cm³/mol. The largest absolute Gasteiger partial charge is 0.496 e. The normalized spacial score (nSPS) is 18.4. The van der Waals surface area contributed by atoms with Gasteiger partial charge in [-0.15, -0.1) is 0 Å². The van der Waals surface area contributed by atoms with Crippen LogP contribution in [-0.2, 0) is 11.2 Å². The molecule has 0 saturated carbocycles. The smallest absolute Gasteiger partial charge is 0.223 e. The number of benzene rings is 1. The van der Waals surface area contributed by atoms with Crippen molar-refractivity contribution >= 4 is 21.8 Å². The SMILES string of the molecule is COc1ccc(Br)cc1CCC(=O)N1CCC[C@@H]1CN. The van der Waals surface area contributed by atoms with Crippen molar-refractivity contribution in [3.05, 3.63) is 28.2 Å². The van der Waals surface area contributed by atoms with Crippen molar-refractivity contribution in [2.45, 2.75) is 31.7 Å². The first kappa shape index (κ1) is 15.3. The molecule has 4 nitrogen and oxygen atoms in total. The van der Waals surface area contributed by atoms with Gasteiger partial charge in [0, 0.05) is 30.0 Å². The molecule has 5 heteroatoms. The number of hydrogen-bond donors (Lipinski definition) is 1. The number of nitrogens with zero attached hydrogens (tertiary/aromatic N) is 1. The van der Waals surface area contributed by atoms with E-state index in [-0.39, 0.29) is 11.9 Å². The van der Waals surface area contributed by atoms with Crippen LogP contribution in [0.15, 0.2) is 22.7 Å². The van der Waals surface area contributed by atoms with Gasteiger partial charge in [0.2, 0.25) is 5.91 Å². The van der Waals surface area contributed by atoms with Gasteiger partial charge in [0.15, 0.2) is 0 Å². The van der Waals surface area contributed by atoms with Crippen LogP contribution in [0.2, 0.25) is 0 Å². The lowest BCUT2D eigenvalue weighted by atomic mass is 10.1. The summed E-state index contributed by atoms with van der Waals surface area (Å²) in [4.78, 5) is 14.2. The zero-order valence-electron chi connectivity index (χ0n) is 11.8. The van der Waals surface area contributed by atoms with Gasteiger partial charge in [-0.2, -0.15) is 0 Å². The number of halogens is 1. The number of amides is 1. The fourth-order valence-electron chi connectivity index (χ4n) is 2.74. The molecular formula is C15H21BrN2O2. The number of aryl methyl sites for hydroxylation is 1. The summed E-state index contributed by atoms with van der Waals surface area (Å²) in [6.07, 6.45) is 3.29. The van der Waals surface area contributed by atoms with Gasteiger partial charge in [-0.05, 0) is 43.0 Å². The number of rotatable bonds is 5. The van der Waals surface area contributed by atoms with Crippen LogP contribution in [0.5, 0.6) is 5.75 Å². The first-order valence-electron chi connectivity index (χ1n) is 6.97. The van der Waals surface area contributed by atoms with E-state index < -0.39 is 0 Å². The lowest BCUT2D eigenvalue weighted by Gasteiger charge is -2.23. The Kier molecular flexibility index (Phi) is 5.43. The van der Waals surface area contributed by atoms with Crippen molar-refractivity contribution < 1.29 is 9.53 Å². The highest BCUT2D eigenvalue weighted by Crippen LogP contribution is 2.25. The molecule has 1 amide bonds. The molecule has 0 unspecified atom stereocenters. The van der Waals surface area contributed by atoms with Crippen LogP contribution in [0.1, 0.15) is 24.8 Å². The van der Waals surface area contributed by atoms with Crippen LogP contribution in [0, 0.1) is 0 Å². The summed E-state index contributed by atoms with van der Waals surface area (Å²) in [6, 6.07) is 6.10. The molecule has 1 fully saturated rings. The Hall–Kier alpha value is -1.07. The predicted octanol–water partition coefficient (Wildman–Crippen LogP) is 2.34. The van der Waals surface area contributed by atoms with Crippen LogP contribution in [0.3, 0.4) is 0 Å². The molecule has 2 N–H and O–H groups in total. The van der Waals surface area contributed by atoms with E-state index in [2.05, 4.69) is 15.9 Å². The number of methoxy groups -OCH3 is 1. The summed E-state index contributed by atoms with van der Waals surface area (Å²) in [6.45, 7) is 1.41. The third-order valence-electron chi connectivity index (χ3n) is 3.82. The van der Waals surface area contributed by atoms with Gasteiger partial charge in [-0.3, -0.25) is 4.79 Å². The molecule has 1 atom stereocenters. The minimum atomic E-state index is 0.194. The van der Waals surface area contributed by atoms with Gasteiger partial charge in [-0.1, -0.05) is 15.9 Å². The second kappa shape index (κ2) is 7.09. The van der Waals surface area contributed by atoms with Gasteiger partial charge in [-0.25, -0.2) is 0 Å². The van der Waals surface area contributed by atoms with E-state index in [1.807, 2.05) is 23.1 Å². The molecule has 1 aromatic rings. The Balaban J connectivity index is 1.98. The van der Waals surface area contributed by atoms with E-state index in [1.165, 1.54) is 0 Å². The first-order chi connectivity index (χ1) is 9.65. The Bertz CT molecular complexity index is 479. The zero-order valence-corrected chi connectivity index (χ0v) is 13.4. The van der Waals surface area contributed by atoms with E-state index in [0.717, 1.165) is 35.2 Å². The number of carbonyl (C=O) groups is 1. The van der Waals surface area contributed by atoms with Gasteiger partial charge in [0.1, 0.15) is 5.75 Å². The van der Waals surface area contributed by atoms with Gasteiger partial charge >= 0.3 is 0 Å². The van der Waals surface area contributed by atoms with Crippen molar-refractivity contribution in [2.24, 2.45) is 5.73 Å². The number of hydrogen-bond acceptors (Lipinski definition) is 3. The number of likely N-dealkylation sites (tertiary alicyclic amines) is 1. The molecule has 0 spiro atoms. The molecule has 0 aromatic heterocycles. The molecule has 0 radical (unpaired) electrons. The van der Waals surface area contributed by atoms with E-state index in [4.69, 9.17) is 10.5 Å². The van der Waals surface area contributed by atoms with Crippen LogP contribution >= 0.6 is 15.9 Å². The van der Waals surface area contributed by atoms with Crippen LogP contribution in [0.25, 0.3) is 0 Å². The van der Waals surface area contributed by atoms with Gasteiger partial charge in [0.25, 0.3) is 0 Å². The highest BCUT2D eigenvalue weighted by molar-refractivity contribution is 9.10.